The first-order chi connectivity index (χ1) is 8.70. The Morgan fingerprint density at radius 2 is 2.17 bits per heavy atom. The van der Waals surface area contributed by atoms with Crippen LogP contribution in [0.3, 0.4) is 0 Å². The minimum Gasteiger partial charge on any atom is -0.344 e. The molecule has 0 aliphatic carbocycles. The Kier molecular flexibility index (Phi) is 3.72. The molecule has 1 aromatic rings. The van der Waals surface area contributed by atoms with Crippen molar-refractivity contribution in [3.8, 4) is 0 Å². The number of rotatable bonds is 3. The molecule has 0 radical (unpaired) electrons. The number of hydrazone groups is 1. The molecule has 1 aliphatic heterocycles. The van der Waals surface area contributed by atoms with E-state index >= 15 is 0 Å². The molecule has 2 rings (SSSR count). The maximum atomic E-state index is 11.6. The Hall–Kier alpha value is -2.17. The molecular weight excluding hydrogens is 230 g/mol. The molecule has 5 nitrogen and oxygen atoms in total. The molecule has 0 spiro atoms. The van der Waals surface area contributed by atoms with Crippen LogP contribution in [-0.2, 0) is 9.59 Å². The van der Waals surface area contributed by atoms with E-state index < -0.39 is 6.04 Å². The van der Waals surface area contributed by atoms with Crippen molar-refractivity contribution in [2.75, 3.05) is 0 Å². The fourth-order valence-corrected chi connectivity index (χ4v) is 1.76. The molecule has 0 saturated carbocycles. The minimum atomic E-state index is -0.537. The molecule has 2 amide bonds. The monoisotopic (exact) mass is 245 g/mol. The van der Waals surface area contributed by atoms with Crippen molar-refractivity contribution in [3.05, 3.63) is 35.9 Å². The van der Waals surface area contributed by atoms with Gasteiger partial charge in [0, 0.05) is 12.8 Å². The molecule has 1 heterocycles. The van der Waals surface area contributed by atoms with Crippen LogP contribution in [-0.4, -0.2) is 23.6 Å². The van der Waals surface area contributed by atoms with Crippen LogP contribution in [0.15, 0.2) is 35.4 Å². The highest BCUT2D eigenvalue weighted by atomic mass is 16.2. The smallest absolute Gasteiger partial charge is 0.263 e. The molecule has 1 atom stereocenters. The fourth-order valence-electron chi connectivity index (χ4n) is 1.76. The lowest BCUT2D eigenvalue weighted by molar-refractivity contribution is -0.129. The zero-order valence-corrected chi connectivity index (χ0v) is 10.1. The normalized spacial score (nSPS) is 18.8. The average molecular weight is 245 g/mol. The first-order valence-corrected chi connectivity index (χ1v) is 5.92. The predicted octanol–water partition coefficient (Wildman–Crippen LogP) is 0.805. The van der Waals surface area contributed by atoms with E-state index in [1.54, 1.807) is 6.92 Å². The number of benzene rings is 1. The first-order valence-electron chi connectivity index (χ1n) is 5.92. The molecule has 0 aromatic heterocycles. The Balaban J connectivity index is 2.12. The summed E-state index contributed by atoms with van der Waals surface area (Å²) in [6, 6.07) is 9.05. The predicted molar refractivity (Wildman–Crippen MR) is 68.0 cm³/mol. The molecule has 0 unspecified atom stereocenters. The second kappa shape index (κ2) is 5.44. The van der Waals surface area contributed by atoms with Gasteiger partial charge in [-0.25, -0.2) is 5.43 Å². The summed E-state index contributed by atoms with van der Waals surface area (Å²) in [4.78, 5) is 22.9. The molecule has 1 aliphatic rings. The van der Waals surface area contributed by atoms with Crippen LogP contribution in [0.2, 0.25) is 0 Å². The summed E-state index contributed by atoms with van der Waals surface area (Å²) in [5.41, 5.74) is 4.17. The summed E-state index contributed by atoms with van der Waals surface area (Å²) in [6.07, 6.45) is 0.781. The van der Waals surface area contributed by atoms with Gasteiger partial charge in [-0.15, -0.1) is 0 Å². The highest BCUT2D eigenvalue weighted by Gasteiger charge is 2.26. The van der Waals surface area contributed by atoms with E-state index in [1.165, 1.54) is 0 Å². The highest BCUT2D eigenvalue weighted by molar-refractivity contribution is 6.06. The van der Waals surface area contributed by atoms with Crippen LogP contribution in [0.5, 0.6) is 0 Å². The molecule has 2 N–H and O–H groups in total. The first kappa shape index (κ1) is 12.3. The highest BCUT2D eigenvalue weighted by Crippen LogP contribution is 2.10. The summed E-state index contributed by atoms with van der Waals surface area (Å²) in [6.45, 7) is 1.75. The standard InChI is InChI=1S/C13H15N3O2/c1-2-12(17)14-11-8-10(15-16-13(11)18)9-6-4-3-5-7-9/h3-7,11H,2,8H2,1H3,(H,14,17)(H,16,18)/t11-/m1/s1. The topological polar surface area (TPSA) is 70.6 Å². The van der Waals surface area contributed by atoms with Gasteiger partial charge in [0.15, 0.2) is 0 Å². The van der Waals surface area contributed by atoms with Gasteiger partial charge in [-0.3, -0.25) is 9.59 Å². The number of carbonyl (C=O) groups is 2. The van der Waals surface area contributed by atoms with Crippen LogP contribution >= 0.6 is 0 Å². The van der Waals surface area contributed by atoms with Crippen LogP contribution in [0, 0.1) is 0 Å². The summed E-state index contributed by atoms with van der Waals surface area (Å²) in [7, 11) is 0. The third kappa shape index (κ3) is 2.74. The average Bonchev–Trinajstić information content (AvgIpc) is 2.42. The van der Waals surface area contributed by atoms with E-state index in [0.717, 1.165) is 11.3 Å². The van der Waals surface area contributed by atoms with E-state index in [9.17, 15) is 9.59 Å². The summed E-state index contributed by atoms with van der Waals surface area (Å²) < 4.78 is 0. The van der Waals surface area contributed by atoms with Crippen LogP contribution in [0.25, 0.3) is 0 Å². The molecule has 0 saturated heterocycles. The van der Waals surface area contributed by atoms with E-state index in [4.69, 9.17) is 0 Å². The van der Waals surface area contributed by atoms with Gasteiger partial charge in [0.25, 0.3) is 5.91 Å². The molecular formula is C13H15N3O2. The maximum absolute atomic E-state index is 11.6. The van der Waals surface area contributed by atoms with E-state index in [1.807, 2.05) is 30.3 Å². The lowest BCUT2D eigenvalue weighted by Gasteiger charge is -2.22. The minimum absolute atomic E-state index is 0.135. The van der Waals surface area contributed by atoms with Gasteiger partial charge in [0.05, 0.1) is 5.71 Å². The summed E-state index contributed by atoms with van der Waals surface area (Å²) in [5.74, 6) is -0.402. The third-order valence-electron chi connectivity index (χ3n) is 2.78. The zero-order chi connectivity index (χ0) is 13.0. The van der Waals surface area contributed by atoms with Gasteiger partial charge in [0.2, 0.25) is 5.91 Å². The SMILES string of the molecule is CCC(=O)N[C@@H]1CC(c2ccccc2)=NNC1=O. The van der Waals surface area contributed by atoms with Gasteiger partial charge in [-0.2, -0.15) is 5.10 Å². The van der Waals surface area contributed by atoms with Crippen molar-refractivity contribution < 1.29 is 9.59 Å². The largest absolute Gasteiger partial charge is 0.344 e. The lowest BCUT2D eigenvalue weighted by atomic mass is 10.0. The zero-order valence-electron chi connectivity index (χ0n) is 10.1. The van der Waals surface area contributed by atoms with Crippen molar-refractivity contribution in [2.45, 2.75) is 25.8 Å². The van der Waals surface area contributed by atoms with Crippen LogP contribution < -0.4 is 10.7 Å². The fraction of sp³-hybridized carbons (Fsp3) is 0.308. The Morgan fingerprint density at radius 1 is 1.44 bits per heavy atom. The Labute approximate surface area is 105 Å². The maximum Gasteiger partial charge on any atom is 0.263 e. The van der Waals surface area contributed by atoms with Crippen molar-refractivity contribution in [3.63, 3.8) is 0 Å². The van der Waals surface area contributed by atoms with Crippen molar-refractivity contribution >= 4 is 17.5 Å². The van der Waals surface area contributed by atoms with Crippen LogP contribution in [0.4, 0.5) is 0 Å². The Morgan fingerprint density at radius 3 is 2.83 bits per heavy atom. The molecule has 0 bridgehead atoms. The summed E-state index contributed by atoms with van der Waals surface area (Å²) >= 11 is 0. The van der Waals surface area contributed by atoms with Gasteiger partial charge in [-0.05, 0) is 5.56 Å². The van der Waals surface area contributed by atoms with Crippen molar-refractivity contribution in [2.24, 2.45) is 5.10 Å². The number of nitrogens with one attached hydrogen (secondary N) is 2. The molecule has 94 valence electrons. The van der Waals surface area contributed by atoms with Gasteiger partial charge in [0.1, 0.15) is 6.04 Å². The summed E-state index contributed by atoms with van der Waals surface area (Å²) in [5, 5.41) is 6.72. The number of nitrogens with zero attached hydrogens (tertiary/aromatic N) is 1. The second-order valence-electron chi connectivity index (χ2n) is 4.08. The van der Waals surface area contributed by atoms with Gasteiger partial charge in [-0.1, -0.05) is 37.3 Å². The molecule has 1 aromatic carbocycles. The molecule has 18 heavy (non-hydrogen) atoms. The quantitative estimate of drug-likeness (QED) is 0.827. The van der Waals surface area contributed by atoms with E-state index in [-0.39, 0.29) is 11.8 Å². The van der Waals surface area contributed by atoms with Gasteiger partial charge < -0.3 is 5.32 Å². The van der Waals surface area contributed by atoms with E-state index in [2.05, 4.69) is 15.8 Å². The number of hydrogen-bond acceptors (Lipinski definition) is 3. The third-order valence-corrected chi connectivity index (χ3v) is 2.78. The number of carbonyl (C=O) groups excluding carboxylic acids is 2. The van der Waals surface area contributed by atoms with Gasteiger partial charge >= 0.3 is 0 Å². The van der Waals surface area contributed by atoms with Crippen molar-refractivity contribution in [1.29, 1.82) is 0 Å². The molecule has 0 fully saturated rings. The van der Waals surface area contributed by atoms with Crippen molar-refractivity contribution in [1.82, 2.24) is 10.7 Å². The molecule has 5 heteroatoms. The van der Waals surface area contributed by atoms with E-state index in [0.29, 0.717) is 12.8 Å². The second-order valence-corrected chi connectivity index (χ2v) is 4.08. The lowest BCUT2D eigenvalue weighted by Crippen LogP contribution is -2.49. The Bertz CT molecular complexity index is 482. The number of amides is 2. The number of hydrogen-bond donors (Lipinski definition) is 2. The van der Waals surface area contributed by atoms with Crippen LogP contribution in [0.1, 0.15) is 25.3 Å².